The molecular formula is C12H21BrN4O. The number of nitrogens with zero attached hydrogens (tertiary/aromatic N) is 3. The van der Waals surface area contributed by atoms with E-state index in [2.05, 4.69) is 43.0 Å². The molecule has 1 N–H and O–H groups in total. The molecule has 0 unspecified atom stereocenters. The Bertz CT molecular complexity index is 362. The van der Waals surface area contributed by atoms with Crippen molar-refractivity contribution in [3.8, 4) is 0 Å². The van der Waals surface area contributed by atoms with Crippen LogP contribution in [0.4, 0.5) is 11.6 Å². The summed E-state index contributed by atoms with van der Waals surface area (Å²) in [5.41, 5.74) is 0. The highest BCUT2D eigenvalue weighted by molar-refractivity contribution is 9.10. The molecule has 0 aromatic carbocycles. The Morgan fingerprint density at radius 1 is 1.33 bits per heavy atom. The van der Waals surface area contributed by atoms with Gasteiger partial charge in [0, 0.05) is 26.2 Å². The molecule has 0 spiro atoms. The van der Waals surface area contributed by atoms with Crippen LogP contribution in [0.5, 0.6) is 0 Å². The fourth-order valence-electron chi connectivity index (χ4n) is 1.60. The van der Waals surface area contributed by atoms with Crippen molar-refractivity contribution in [2.75, 3.05) is 43.1 Å². The molecule has 0 aliphatic rings. The summed E-state index contributed by atoms with van der Waals surface area (Å²) < 4.78 is 6.30. The molecule has 0 atom stereocenters. The van der Waals surface area contributed by atoms with Crippen LogP contribution in [0.2, 0.25) is 0 Å². The topological polar surface area (TPSA) is 50.3 Å². The maximum absolute atomic E-state index is 5.39. The lowest BCUT2D eigenvalue weighted by Gasteiger charge is -2.23. The van der Waals surface area contributed by atoms with E-state index in [9.17, 15) is 0 Å². The van der Waals surface area contributed by atoms with Crippen molar-refractivity contribution >= 4 is 27.6 Å². The number of likely N-dealkylation sites (N-methyl/N-ethyl adjacent to an activating group) is 1. The van der Waals surface area contributed by atoms with Gasteiger partial charge in [0.05, 0.1) is 6.61 Å². The van der Waals surface area contributed by atoms with Gasteiger partial charge in [-0.1, -0.05) is 0 Å². The zero-order valence-electron chi connectivity index (χ0n) is 11.2. The van der Waals surface area contributed by atoms with Crippen molar-refractivity contribution < 1.29 is 4.74 Å². The monoisotopic (exact) mass is 316 g/mol. The number of rotatable bonds is 8. The average molecular weight is 317 g/mol. The predicted molar refractivity (Wildman–Crippen MR) is 78.3 cm³/mol. The molecule has 0 aliphatic heterocycles. The van der Waals surface area contributed by atoms with Crippen molar-refractivity contribution in [1.29, 1.82) is 0 Å². The Morgan fingerprint density at radius 3 is 2.72 bits per heavy atom. The molecule has 0 saturated heterocycles. The third kappa shape index (κ3) is 4.10. The summed E-state index contributed by atoms with van der Waals surface area (Å²) in [6, 6.07) is 0. The third-order valence-electron chi connectivity index (χ3n) is 2.51. The SMILES string of the molecule is CCNc1ncnc(N(CC)CCOCC)c1Br. The van der Waals surface area contributed by atoms with Gasteiger partial charge in [0.1, 0.15) is 22.4 Å². The summed E-state index contributed by atoms with van der Waals surface area (Å²) in [4.78, 5) is 10.7. The molecule has 18 heavy (non-hydrogen) atoms. The highest BCUT2D eigenvalue weighted by Crippen LogP contribution is 2.29. The zero-order chi connectivity index (χ0) is 13.4. The highest BCUT2D eigenvalue weighted by atomic mass is 79.9. The maximum Gasteiger partial charge on any atom is 0.148 e. The number of halogens is 1. The van der Waals surface area contributed by atoms with E-state index < -0.39 is 0 Å². The van der Waals surface area contributed by atoms with Gasteiger partial charge in [-0.25, -0.2) is 9.97 Å². The van der Waals surface area contributed by atoms with Crippen molar-refractivity contribution in [3.63, 3.8) is 0 Å². The minimum Gasteiger partial charge on any atom is -0.380 e. The summed E-state index contributed by atoms with van der Waals surface area (Å²) in [5.74, 6) is 1.74. The standard InChI is InChI=1S/C12H21BrN4O/c1-4-14-11-10(13)12(16-9-15-11)17(5-2)7-8-18-6-3/h9H,4-8H2,1-3H3,(H,14,15,16). The summed E-state index contributed by atoms with van der Waals surface area (Å²) in [7, 11) is 0. The van der Waals surface area contributed by atoms with E-state index in [1.165, 1.54) is 0 Å². The molecule has 1 heterocycles. The number of hydrogen-bond acceptors (Lipinski definition) is 5. The van der Waals surface area contributed by atoms with Crippen LogP contribution in [0.25, 0.3) is 0 Å². The smallest absolute Gasteiger partial charge is 0.148 e. The van der Waals surface area contributed by atoms with Gasteiger partial charge in [0.15, 0.2) is 0 Å². The van der Waals surface area contributed by atoms with Gasteiger partial charge >= 0.3 is 0 Å². The number of nitrogens with one attached hydrogen (secondary N) is 1. The summed E-state index contributed by atoms with van der Waals surface area (Å²) in [6.45, 7) is 10.1. The summed E-state index contributed by atoms with van der Waals surface area (Å²) in [5, 5.41) is 3.21. The first-order valence-corrected chi connectivity index (χ1v) is 7.10. The molecule has 0 radical (unpaired) electrons. The largest absolute Gasteiger partial charge is 0.380 e. The van der Waals surface area contributed by atoms with Crippen LogP contribution >= 0.6 is 15.9 Å². The molecule has 0 saturated carbocycles. The van der Waals surface area contributed by atoms with Gasteiger partial charge < -0.3 is 15.0 Å². The number of anilines is 2. The molecule has 5 nitrogen and oxygen atoms in total. The molecule has 0 fully saturated rings. The Labute approximate surface area is 117 Å². The summed E-state index contributed by atoms with van der Waals surface area (Å²) >= 11 is 3.56. The predicted octanol–water partition coefficient (Wildman–Crippen LogP) is 2.53. The van der Waals surface area contributed by atoms with E-state index in [4.69, 9.17) is 4.74 Å². The molecule has 1 rings (SSSR count). The van der Waals surface area contributed by atoms with E-state index >= 15 is 0 Å². The van der Waals surface area contributed by atoms with Crippen molar-refractivity contribution in [1.82, 2.24) is 9.97 Å². The van der Waals surface area contributed by atoms with Crippen LogP contribution in [-0.2, 0) is 4.74 Å². The molecule has 0 bridgehead atoms. The molecular weight excluding hydrogens is 296 g/mol. The van der Waals surface area contributed by atoms with E-state index in [0.29, 0.717) is 6.61 Å². The maximum atomic E-state index is 5.39. The second kappa shape index (κ2) is 8.26. The van der Waals surface area contributed by atoms with Crippen LogP contribution in [0.1, 0.15) is 20.8 Å². The Balaban J connectivity index is 2.81. The van der Waals surface area contributed by atoms with Crippen LogP contribution in [0.15, 0.2) is 10.8 Å². The lowest BCUT2D eigenvalue weighted by molar-refractivity contribution is 0.154. The highest BCUT2D eigenvalue weighted by Gasteiger charge is 2.13. The van der Waals surface area contributed by atoms with Crippen molar-refractivity contribution in [2.24, 2.45) is 0 Å². The molecule has 1 aromatic rings. The van der Waals surface area contributed by atoms with Gasteiger partial charge in [0.25, 0.3) is 0 Å². The fourth-order valence-corrected chi connectivity index (χ4v) is 2.20. The lowest BCUT2D eigenvalue weighted by atomic mass is 10.4. The second-order valence-corrected chi connectivity index (χ2v) is 4.46. The van der Waals surface area contributed by atoms with Crippen LogP contribution in [0.3, 0.4) is 0 Å². The van der Waals surface area contributed by atoms with Crippen LogP contribution in [-0.4, -0.2) is 42.8 Å². The minimum absolute atomic E-state index is 0.706. The molecule has 0 aliphatic carbocycles. The number of hydrogen-bond donors (Lipinski definition) is 1. The third-order valence-corrected chi connectivity index (χ3v) is 3.24. The van der Waals surface area contributed by atoms with Gasteiger partial charge in [0.2, 0.25) is 0 Å². The molecule has 6 heteroatoms. The van der Waals surface area contributed by atoms with Gasteiger partial charge in [-0.05, 0) is 36.7 Å². The Morgan fingerprint density at radius 2 is 2.11 bits per heavy atom. The number of ether oxygens (including phenoxy) is 1. The van der Waals surface area contributed by atoms with Crippen molar-refractivity contribution in [2.45, 2.75) is 20.8 Å². The second-order valence-electron chi connectivity index (χ2n) is 3.67. The van der Waals surface area contributed by atoms with E-state index in [0.717, 1.165) is 42.3 Å². The normalized spacial score (nSPS) is 10.4. The van der Waals surface area contributed by atoms with E-state index in [1.807, 2.05) is 13.8 Å². The fraction of sp³-hybridized carbons (Fsp3) is 0.667. The van der Waals surface area contributed by atoms with Gasteiger partial charge in [-0.2, -0.15) is 0 Å². The van der Waals surface area contributed by atoms with E-state index in [1.54, 1.807) is 6.33 Å². The Kier molecular flexibility index (Phi) is 6.97. The average Bonchev–Trinajstić information content (AvgIpc) is 2.38. The first-order chi connectivity index (χ1) is 8.74. The molecule has 0 amide bonds. The molecule has 1 aromatic heterocycles. The quantitative estimate of drug-likeness (QED) is 0.747. The number of aromatic nitrogens is 2. The zero-order valence-corrected chi connectivity index (χ0v) is 12.8. The Hall–Kier alpha value is -0.880. The minimum atomic E-state index is 0.706. The lowest BCUT2D eigenvalue weighted by Crippen LogP contribution is -2.28. The van der Waals surface area contributed by atoms with Crippen LogP contribution < -0.4 is 10.2 Å². The first kappa shape index (κ1) is 15.2. The van der Waals surface area contributed by atoms with Gasteiger partial charge in [-0.15, -0.1) is 0 Å². The van der Waals surface area contributed by atoms with Crippen LogP contribution in [0, 0.1) is 0 Å². The summed E-state index contributed by atoms with van der Waals surface area (Å²) in [6.07, 6.45) is 1.58. The van der Waals surface area contributed by atoms with Gasteiger partial charge in [-0.3, -0.25) is 0 Å². The van der Waals surface area contributed by atoms with Crippen molar-refractivity contribution in [3.05, 3.63) is 10.8 Å². The van der Waals surface area contributed by atoms with E-state index in [-0.39, 0.29) is 0 Å². The first-order valence-electron chi connectivity index (χ1n) is 6.31. The molecule has 102 valence electrons.